The summed E-state index contributed by atoms with van der Waals surface area (Å²) in [5.74, 6) is 2.10. The Kier molecular flexibility index (Phi) is 7.16. The van der Waals surface area contributed by atoms with E-state index in [1.807, 2.05) is 12.3 Å². The molecular formula is C21H29NS. The van der Waals surface area contributed by atoms with E-state index in [0.717, 1.165) is 23.7 Å². The van der Waals surface area contributed by atoms with Gasteiger partial charge in [0.15, 0.2) is 0 Å². The number of pyridine rings is 1. The lowest BCUT2D eigenvalue weighted by Gasteiger charge is -2.26. The molecule has 124 valence electrons. The third kappa shape index (κ3) is 6.02. The molecule has 1 nitrogen and oxygen atoms in total. The molecule has 2 rings (SSSR count). The van der Waals surface area contributed by atoms with Crippen LogP contribution in [-0.2, 0) is 12.8 Å². The number of nitrogens with zero attached hydrogens (tertiary/aromatic N) is 1. The van der Waals surface area contributed by atoms with Gasteiger partial charge < -0.3 is 0 Å². The van der Waals surface area contributed by atoms with Crippen molar-refractivity contribution in [3.63, 3.8) is 0 Å². The lowest BCUT2D eigenvalue weighted by molar-refractivity contribution is 0.281. The molecule has 0 aliphatic carbocycles. The highest BCUT2D eigenvalue weighted by molar-refractivity contribution is 7.80. The van der Waals surface area contributed by atoms with E-state index in [2.05, 4.69) is 74.8 Å². The maximum Gasteiger partial charge on any atom is 0.0406 e. The molecule has 1 heterocycles. The van der Waals surface area contributed by atoms with Gasteiger partial charge in [0.05, 0.1) is 0 Å². The van der Waals surface area contributed by atoms with Crippen LogP contribution < -0.4 is 0 Å². The van der Waals surface area contributed by atoms with Crippen molar-refractivity contribution in [3.05, 3.63) is 59.9 Å². The van der Waals surface area contributed by atoms with E-state index in [0.29, 0.717) is 11.8 Å². The van der Waals surface area contributed by atoms with E-state index in [-0.39, 0.29) is 0 Å². The zero-order chi connectivity index (χ0) is 16.7. The molecule has 0 aliphatic heterocycles. The minimum absolute atomic E-state index is 0.687. The Morgan fingerprint density at radius 1 is 1.00 bits per heavy atom. The Morgan fingerprint density at radius 2 is 1.74 bits per heavy atom. The molecule has 2 heteroatoms. The summed E-state index contributed by atoms with van der Waals surface area (Å²) in [6.07, 6.45) is 6.58. The van der Waals surface area contributed by atoms with Gasteiger partial charge in [-0.2, -0.15) is 0 Å². The number of thiol groups is 1. The number of aryl methyl sites for hydroxylation is 1. The number of hydrogen-bond donors (Lipinski definition) is 1. The lowest BCUT2D eigenvalue weighted by atomic mass is 9.80. The predicted molar refractivity (Wildman–Crippen MR) is 102 cm³/mol. The van der Waals surface area contributed by atoms with Gasteiger partial charge >= 0.3 is 0 Å². The average molecular weight is 328 g/mol. The Bertz CT molecular complexity index is 579. The zero-order valence-electron chi connectivity index (χ0n) is 14.6. The van der Waals surface area contributed by atoms with Gasteiger partial charge in [-0.3, -0.25) is 4.98 Å². The molecule has 1 aromatic carbocycles. The molecule has 0 aliphatic rings. The maximum absolute atomic E-state index is 4.58. The highest BCUT2D eigenvalue weighted by Crippen LogP contribution is 2.28. The Labute approximate surface area is 147 Å². The van der Waals surface area contributed by atoms with Gasteiger partial charge in [-0.05, 0) is 67.2 Å². The van der Waals surface area contributed by atoms with Crippen LogP contribution in [0.15, 0.2) is 53.6 Å². The fraction of sp³-hybridized carbons (Fsp3) is 0.476. The summed E-state index contributed by atoms with van der Waals surface area (Å²) in [7, 11) is 0. The molecule has 0 N–H and O–H groups in total. The van der Waals surface area contributed by atoms with Gasteiger partial charge in [0.2, 0.25) is 0 Å². The second-order valence-electron chi connectivity index (χ2n) is 7.06. The molecule has 0 bridgehead atoms. The van der Waals surface area contributed by atoms with Crippen molar-refractivity contribution in [2.45, 2.75) is 51.3 Å². The number of rotatable bonds is 8. The predicted octanol–water partition coefficient (Wildman–Crippen LogP) is 5.84. The van der Waals surface area contributed by atoms with E-state index in [1.54, 1.807) is 0 Å². The first kappa shape index (κ1) is 18.1. The first-order valence-electron chi connectivity index (χ1n) is 8.73. The fourth-order valence-electron chi connectivity index (χ4n) is 3.25. The van der Waals surface area contributed by atoms with Gasteiger partial charge in [-0.1, -0.05) is 45.0 Å². The summed E-state index contributed by atoms with van der Waals surface area (Å²) < 4.78 is 0. The largest absolute Gasteiger partial charge is 0.261 e. The minimum atomic E-state index is 0.687. The van der Waals surface area contributed by atoms with Crippen LogP contribution in [0.1, 0.15) is 44.9 Å². The van der Waals surface area contributed by atoms with Crippen LogP contribution in [0.25, 0.3) is 0 Å². The first-order valence-corrected chi connectivity index (χ1v) is 9.17. The van der Waals surface area contributed by atoms with Gasteiger partial charge in [-0.25, -0.2) is 0 Å². The molecule has 23 heavy (non-hydrogen) atoms. The normalized spacial score (nSPS) is 14.0. The zero-order valence-corrected chi connectivity index (χ0v) is 15.5. The third-order valence-corrected chi connectivity index (χ3v) is 5.07. The van der Waals surface area contributed by atoms with Crippen molar-refractivity contribution in [1.29, 1.82) is 0 Å². The van der Waals surface area contributed by atoms with Crippen LogP contribution in [0, 0.1) is 17.8 Å². The molecule has 2 atom stereocenters. The summed E-state index contributed by atoms with van der Waals surface area (Å²) in [6, 6.07) is 14.7. The highest BCUT2D eigenvalue weighted by atomic mass is 32.1. The summed E-state index contributed by atoms with van der Waals surface area (Å²) >= 11 is 4.58. The second-order valence-corrected chi connectivity index (χ2v) is 7.54. The molecule has 2 unspecified atom stereocenters. The summed E-state index contributed by atoms with van der Waals surface area (Å²) in [5, 5.41) is 0. The molecule has 2 aromatic rings. The minimum Gasteiger partial charge on any atom is -0.261 e. The molecule has 0 amide bonds. The molecule has 1 aromatic heterocycles. The summed E-state index contributed by atoms with van der Waals surface area (Å²) in [5.41, 5.74) is 2.59. The number of hydrogen-bond acceptors (Lipinski definition) is 2. The van der Waals surface area contributed by atoms with Crippen LogP contribution in [0.2, 0.25) is 0 Å². The smallest absolute Gasteiger partial charge is 0.0406 e. The Balaban J connectivity index is 1.98. The van der Waals surface area contributed by atoms with Crippen molar-refractivity contribution < 1.29 is 0 Å². The molecule has 0 radical (unpaired) electrons. The van der Waals surface area contributed by atoms with Crippen LogP contribution in [0.4, 0.5) is 0 Å². The molecule has 0 fully saturated rings. The van der Waals surface area contributed by atoms with E-state index in [1.165, 1.54) is 24.1 Å². The second kappa shape index (κ2) is 9.12. The Morgan fingerprint density at radius 3 is 2.39 bits per heavy atom. The number of aromatic nitrogens is 1. The topological polar surface area (TPSA) is 12.9 Å². The lowest BCUT2D eigenvalue weighted by Crippen LogP contribution is -2.18. The number of benzene rings is 1. The van der Waals surface area contributed by atoms with Gasteiger partial charge in [0.1, 0.15) is 0 Å². The highest BCUT2D eigenvalue weighted by Gasteiger charge is 2.20. The molecular weight excluding hydrogens is 298 g/mol. The monoisotopic (exact) mass is 327 g/mol. The first-order chi connectivity index (χ1) is 11.1. The van der Waals surface area contributed by atoms with E-state index < -0.39 is 0 Å². The van der Waals surface area contributed by atoms with Crippen molar-refractivity contribution in [2.75, 3.05) is 0 Å². The quantitative estimate of drug-likeness (QED) is 0.601. The third-order valence-electron chi connectivity index (χ3n) is 4.64. The van der Waals surface area contributed by atoms with Crippen LogP contribution in [0.3, 0.4) is 0 Å². The van der Waals surface area contributed by atoms with Crippen LogP contribution in [0.5, 0.6) is 0 Å². The van der Waals surface area contributed by atoms with Crippen molar-refractivity contribution >= 4 is 12.6 Å². The van der Waals surface area contributed by atoms with Crippen molar-refractivity contribution in [3.8, 4) is 0 Å². The maximum atomic E-state index is 4.58. The average Bonchev–Trinajstić information content (AvgIpc) is 2.54. The van der Waals surface area contributed by atoms with Crippen LogP contribution >= 0.6 is 12.6 Å². The van der Waals surface area contributed by atoms with E-state index in [9.17, 15) is 0 Å². The fourth-order valence-corrected chi connectivity index (χ4v) is 3.52. The van der Waals surface area contributed by atoms with E-state index >= 15 is 0 Å². The standard InChI is InChI=1S/C21H29NS/c1-16(2)14-19(15-20-9-6-7-13-22-20)17(3)11-12-18-8-4-5-10-21(18)23/h4-10,13,16-17,19,23H,11-12,14-15H2,1-3H3. The summed E-state index contributed by atoms with van der Waals surface area (Å²) in [6.45, 7) is 7.04. The van der Waals surface area contributed by atoms with Gasteiger partial charge in [0, 0.05) is 16.8 Å². The van der Waals surface area contributed by atoms with Gasteiger partial charge in [-0.15, -0.1) is 12.6 Å². The molecule has 0 saturated heterocycles. The van der Waals surface area contributed by atoms with Crippen LogP contribution in [-0.4, -0.2) is 4.98 Å². The SMILES string of the molecule is CC(C)CC(Cc1ccccn1)C(C)CCc1ccccc1S. The Hall–Kier alpha value is -1.28. The van der Waals surface area contributed by atoms with Crippen molar-refractivity contribution in [1.82, 2.24) is 4.98 Å². The van der Waals surface area contributed by atoms with Gasteiger partial charge in [0.25, 0.3) is 0 Å². The van der Waals surface area contributed by atoms with Crippen molar-refractivity contribution in [2.24, 2.45) is 17.8 Å². The molecule has 0 spiro atoms. The van der Waals surface area contributed by atoms with E-state index in [4.69, 9.17) is 0 Å². The molecule has 0 saturated carbocycles. The summed E-state index contributed by atoms with van der Waals surface area (Å²) in [4.78, 5) is 5.64.